The monoisotopic (exact) mass is 164 g/mol. The van der Waals surface area contributed by atoms with Gasteiger partial charge in [0, 0.05) is 5.25 Å². The summed E-state index contributed by atoms with van der Waals surface area (Å²) in [6, 6.07) is 0. The fourth-order valence-electron chi connectivity index (χ4n) is 0.954. The smallest absolute Gasteiger partial charge is 0.0119 e. The van der Waals surface area contributed by atoms with Gasteiger partial charge < -0.3 is 0 Å². The zero-order valence-corrected chi connectivity index (χ0v) is 8.61. The molecule has 2 atom stereocenters. The fraction of sp³-hybridized carbons (Fsp3) is 1.00. The number of rotatable bonds is 3. The van der Waals surface area contributed by atoms with Gasteiger partial charge in [-0.25, -0.2) is 0 Å². The minimum absolute atomic E-state index is 0.387. The Morgan fingerprint density at radius 2 is 1.70 bits per heavy atom. The molecule has 0 aromatic heterocycles. The predicted octanol–water partition coefficient (Wildman–Crippen LogP) is 1.70. The first-order chi connectivity index (χ1) is 4.39. The van der Waals surface area contributed by atoms with Crippen molar-refractivity contribution in [3.63, 3.8) is 0 Å². The first-order valence-corrected chi connectivity index (χ1v) is 6.61. The molecule has 0 saturated heterocycles. The van der Waals surface area contributed by atoms with Gasteiger partial charge in [0.1, 0.15) is 0 Å². The molecule has 0 aliphatic heterocycles. The molecule has 0 saturated carbocycles. The van der Waals surface area contributed by atoms with Gasteiger partial charge in [-0.1, -0.05) is 27.2 Å². The minimum atomic E-state index is -1.83. The van der Waals surface area contributed by atoms with Gasteiger partial charge in [0.2, 0.25) is 0 Å². The van der Waals surface area contributed by atoms with Crippen LogP contribution in [-0.4, -0.2) is 22.0 Å². The maximum atomic E-state index is 11.5. The van der Waals surface area contributed by atoms with E-state index in [1.165, 1.54) is 0 Å². The Morgan fingerprint density at radius 1 is 1.30 bits per heavy atom. The van der Waals surface area contributed by atoms with Crippen molar-refractivity contribution in [1.29, 1.82) is 0 Å². The fourth-order valence-corrected chi connectivity index (χ4v) is 2.39. The van der Waals surface area contributed by atoms with Gasteiger partial charge in [-0.15, -0.1) is 9.93 Å². The van der Waals surface area contributed by atoms with E-state index in [0.717, 1.165) is 6.42 Å². The summed E-state index contributed by atoms with van der Waals surface area (Å²) in [6.45, 7) is 6.41. The van der Waals surface area contributed by atoms with Crippen molar-refractivity contribution in [2.45, 2.75) is 32.4 Å². The largest absolute Gasteiger partial charge is 0.285 e. The summed E-state index contributed by atoms with van der Waals surface area (Å²) in [6.07, 6.45) is 4.89. The molecular formula is C8H20OS. The molecular weight excluding hydrogens is 144 g/mol. The SMILES string of the molecule is CCC(C)C(C)[SH](C)(C)=O. The van der Waals surface area contributed by atoms with E-state index in [4.69, 9.17) is 0 Å². The van der Waals surface area contributed by atoms with Crippen LogP contribution in [0.3, 0.4) is 0 Å². The summed E-state index contributed by atoms with van der Waals surface area (Å²) >= 11 is 0. The lowest BCUT2D eigenvalue weighted by Gasteiger charge is -2.26. The molecule has 0 aromatic carbocycles. The highest BCUT2D eigenvalue weighted by Gasteiger charge is 2.17. The Hall–Kier alpha value is 0.150. The first-order valence-electron chi connectivity index (χ1n) is 3.94. The summed E-state index contributed by atoms with van der Waals surface area (Å²) < 4.78 is 11.5. The zero-order valence-electron chi connectivity index (χ0n) is 7.72. The molecule has 10 heavy (non-hydrogen) atoms. The Morgan fingerprint density at radius 3 is 1.80 bits per heavy atom. The lowest BCUT2D eigenvalue weighted by molar-refractivity contribution is 0.538. The highest BCUT2D eigenvalue weighted by molar-refractivity contribution is 8.02. The molecule has 0 rings (SSSR count). The second-order valence-corrected chi connectivity index (χ2v) is 7.24. The molecule has 0 fully saturated rings. The summed E-state index contributed by atoms with van der Waals surface area (Å²) in [5.74, 6) is 0.598. The van der Waals surface area contributed by atoms with Crippen LogP contribution in [0, 0.1) is 5.92 Å². The quantitative estimate of drug-likeness (QED) is 0.628. The van der Waals surface area contributed by atoms with Crippen molar-refractivity contribution in [1.82, 2.24) is 0 Å². The van der Waals surface area contributed by atoms with Crippen molar-refractivity contribution in [2.75, 3.05) is 12.5 Å². The van der Waals surface area contributed by atoms with Gasteiger partial charge in [-0.2, -0.15) is 0 Å². The van der Waals surface area contributed by atoms with E-state index in [-0.39, 0.29) is 0 Å². The van der Waals surface area contributed by atoms with Gasteiger partial charge in [0.05, 0.1) is 0 Å². The standard InChI is InChI=1S/C8H20OS/c1-6-7(2)8(3)10(4,5)9/h7-8,10H,6H2,1-5H3. The van der Waals surface area contributed by atoms with E-state index < -0.39 is 9.93 Å². The van der Waals surface area contributed by atoms with Gasteiger partial charge >= 0.3 is 0 Å². The van der Waals surface area contributed by atoms with Crippen LogP contribution < -0.4 is 0 Å². The lowest BCUT2D eigenvalue weighted by atomic mass is 10.1. The third-order valence-electron chi connectivity index (χ3n) is 2.45. The minimum Gasteiger partial charge on any atom is -0.285 e. The topological polar surface area (TPSA) is 17.1 Å². The molecule has 2 unspecified atom stereocenters. The molecule has 0 radical (unpaired) electrons. The zero-order chi connectivity index (χ0) is 8.36. The summed E-state index contributed by atoms with van der Waals surface area (Å²) in [4.78, 5) is 0. The van der Waals surface area contributed by atoms with Crippen molar-refractivity contribution < 1.29 is 4.21 Å². The summed E-state index contributed by atoms with van der Waals surface area (Å²) in [5.41, 5.74) is 0. The van der Waals surface area contributed by atoms with E-state index >= 15 is 0 Å². The van der Waals surface area contributed by atoms with Gasteiger partial charge in [-0.3, -0.25) is 4.21 Å². The summed E-state index contributed by atoms with van der Waals surface area (Å²) in [7, 11) is -1.83. The molecule has 0 heterocycles. The van der Waals surface area contributed by atoms with E-state index in [2.05, 4.69) is 20.8 Å². The van der Waals surface area contributed by atoms with Gasteiger partial charge in [0.15, 0.2) is 0 Å². The average Bonchev–Trinajstić information content (AvgIpc) is 1.83. The maximum Gasteiger partial charge on any atom is 0.0119 e. The second-order valence-electron chi connectivity index (χ2n) is 3.56. The number of hydrogen-bond acceptors (Lipinski definition) is 1. The van der Waals surface area contributed by atoms with E-state index in [1.807, 2.05) is 12.5 Å². The third kappa shape index (κ3) is 2.82. The molecule has 0 aliphatic rings. The molecule has 0 N–H and O–H groups in total. The first kappa shape index (κ1) is 10.2. The van der Waals surface area contributed by atoms with Crippen LogP contribution in [0.4, 0.5) is 0 Å². The lowest BCUT2D eigenvalue weighted by Crippen LogP contribution is -2.28. The normalized spacial score (nSPS) is 20.1. The molecule has 64 valence electrons. The third-order valence-corrected chi connectivity index (χ3v) is 4.92. The molecule has 1 nitrogen and oxygen atoms in total. The second kappa shape index (κ2) is 3.51. The van der Waals surface area contributed by atoms with E-state index in [1.54, 1.807) is 0 Å². The molecule has 0 amide bonds. The van der Waals surface area contributed by atoms with Crippen molar-refractivity contribution >= 4 is 9.93 Å². The van der Waals surface area contributed by atoms with Crippen LogP contribution in [0.1, 0.15) is 27.2 Å². The van der Waals surface area contributed by atoms with E-state index in [0.29, 0.717) is 11.2 Å². The average molecular weight is 164 g/mol. The summed E-state index contributed by atoms with van der Waals surface area (Å²) in [5, 5.41) is 0.387. The Bertz CT molecular complexity index is 136. The highest BCUT2D eigenvalue weighted by atomic mass is 32.2. The number of thiol groups is 1. The Balaban J connectivity index is 4.08. The van der Waals surface area contributed by atoms with Crippen LogP contribution >= 0.6 is 0 Å². The van der Waals surface area contributed by atoms with Crippen molar-refractivity contribution in [3.05, 3.63) is 0 Å². The predicted molar refractivity (Wildman–Crippen MR) is 50.3 cm³/mol. The molecule has 0 aliphatic carbocycles. The van der Waals surface area contributed by atoms with Crippen LogP contribution in [0.25, 0.3) is 0 Å². The molecule has 0 spiro atoms. The van der Waals surface area contributed by atoms with Crippen LogP contribution in [0.2, 0.25) is 0 Å². The van der Waals surface area contributed by atoms with E-state index in [9.17, 15) is 4.21 Å². The molecule has 2 heteroatoms. The maximum absolute atomic E-state index is 11.5. The number of hydrogen-bond donors (Lipinski definition) is 1. The van der Waals surface area contributed by atoms with Gasteiger partial charge in [0.25, 0.3) is 0 Å². The van der Waals surface area contributed by atoms with Crippen LogP contribution in [-0.2, 0) is 9.93 Å². The van der Waals surface area contributed by atoms with Crippen LogP contribution in [0.5, 0.6) is 0 Å². The Labute approximate surface area is 65.6 Å². The van der Waals surface area contributed by atoms with Gasteiger partial charge in [-0.05, 0) is 18.4 Å². The van der Waals surface area contributed by atoms with Crippen molar-refractivity contribution in [2.24, 2.45) is 5.92 Å². The molecule has 0 bridgehead atoms. The Kier molecular flexibility index (Phi) is 3.57. The highest BCUT2D eigenvalue weighted by Crippen LogP contribution is 2.17. The van der Waals surface area contributed by atoms with Crippen molar-refractivity contribution in [3.8, 4) is 0 Å². The van der Waals surface area contributed by atoms with Crippen LogP contribution in [0.15, 0.2) is 0 Å². The molecule has 0 aromatic rings.